The van der Waals surface area contributed by atoms with E-state index in [0.717, 1.165) is 38.6 Å². The van der Waals surface area contributed by atoms with Crippen LogP contribution in [0, 0.1) is 6.92 Å². The summed E-state index contributed by atoms with van der Waals surface area (Å²) < 4.78 is 26.4. The van der Waals surface area contributed by atoms with Crippen LogP contribution in [0.25, 0.3) is 44.0 Å². The van der Waals surface area contributed by atoms with Crippen LogP contribution in [0.5, 0.6) is 11.5 Å². The highest BCUT2D eigenvalue weighted by Crippen LogP contribution is 2.33. The molecule has 0 aliphatic rings. The van der Waals surface area contributed by atoms with Crippen LogP contribution in [0.3, 0.4) is 0 Å². The summed E-state index contributed by atoms with van der Waals surface area (Å²) in [5.74, 6) is 1.00. The summed E-state index contributed by atoms with van der Waals surface area (Å²) in [5.41, 5.74) is 8.43. The van der Waals surface area contributed by atoms with Gasteiger partial charge in [-0.25, -0.2) is 9.97 Å². The zero-order valence-corrected chi connectivity index (χ0v) is 34.7. The van der Waals surface area contributed by atoms with Gasteiger partial charge in [0.25, 0.3) is 11.8 Å². The maximum absolute atomic E-state index is 13.5. The van der Waals surface area contributed by atoms with E-state index in [-0.39, 0.29) is 23.3 Å². The zero-order chi connectivity index (χ0) is 42.2. The van der Waals surface area contributed by atoms with Gasteiger partial charge >= 0.3 is 0 Å². The molecule has 6 aromatic carbocycles. The Bertz CT molecular complexity index is 3190. The number of benzene rings is 6. The van der Waals surface area contributed by atoms with E-state index in [0.29, 0.717) is 68.0 Å². The number of oxazole rings is 2. The Labute approximate surface area is 359 Å². The van der Waals surface area contributed by atoms with Gasteiger partial charge in [-0.05, 0) is 103 Å². The van der Waals surface area contributed by atoms with Crippen LogP contribution in [0.2, 0.25) is 10.0 Å². The Kier molecular flexibility index (Phi) is 10.6. The minimum absolute atomic E-state index is 0.0737. The SMILES string of the molecule is COc1ccc2c(c1)c(C(=O)c1nc3ccccc3o1)c(C)n2Cc1ccc(Cl)cc1.COc1ccc2c(c1)c(C(=O)c1nc3ccccc3o1)cn2Cc1ccc(Cl)cc1. The first kappa shape index (κ1) is 39.3. The minimum Gasteiger partial charge on any atom is -0.497 e. The lowest BCUT2D eigenvalue weighted by Gasteiger charge is -2.09. The van der Waals surface area contributed by atoms with Crippen LogP contribution in [-0.4, -0.2) is 44.9 Å². The molecule has 0 radical (unpaired) electrons. The Balaban J connectivity index is 0.000000156. The quantitative estimate of drug-likeness (QED) is 0.125. The normalized spacial score (nSPS) is 11.3. The van der Waals surface area contributed by atoms with Gasteiger partial charge in [0, 0.05) is 56.8 Å². The number of ketones is 2. The number of ether oxygens (including phenoxy) is 2. The number of methoxy groups -OCH3 is 2. The van der Waals surface area contributed by atoms with Crippen LogP contribution < -0.4 is 9.47 Å². The van der Waals surface area contributed by atoms with Crippen molar-refractivity contribution in [2.45, 2.75) is 20.0 Å². The molecule has 0 aliphatic heterocycles. The van der Waals surface area contributed by atoms with Gasteiger partial charge in [0.15, 0.2) is 11.2 Å². The number of fused-ring (bicyclic) bond motifs is 4. The lowest BCUT2D eigenvalue weighted by Crippen LogP contribution is -2.06. The number of aromatic nitrogens is 4. The van der Waals surface area contributed by atoms with E-state index in [1.54, 1.807) is 26.4 Å². The number of carbonyl (C=O) groups excluding carboxylic acids is 2. The van der Waals surface area contributed by atoms with E-state index < -0.39 is 0 Å². The van der Waals surface area contributed by atoms with Crippen molar-refractivity contribution in [2.24, 2.45) is 0 Å². The summed E-state index contributed by atoms with van der Waals surface area (Å²) in [6, 6.07) is 41.5. The van der Waals surface area contributed by atoms with E-state index >= 15 is 0 Å². The molecule has 61 heavy (non-hydrogen) atoms. The van der Waals surface area contributed by atoms with E-state index in [1.807, 2.05) is 139 Å². The largest absolute Gasteiger partial charge is 0.497 e. The van der Waals surface area contributed by atoms with Crippen LogP contribution in [0.4, 0.5) is 0 Å². The summed E-state index contributed by atoms with van der Waals surface area (Å²) in [6.45, 7) is 3.14. The third-order valence-corrected chi connectivity index (χ3v) is 11.1. The lowest BCUT2D eigenvalue weighted by atomic mass is 10.1. The molecule has 0 unspecified atom stereocenters. The van der Waals surface area contributed by atoms with Crippen molar-refractivity contribution < 1.29 is 27.9 Å². The van der Waals surface area contributed by atoms with Crippen molar-refractivity contribution in [3.8, 4) is 11.5 Å². The predicted molar refractivity (Wildman–Crippen MR) is 238 cm³/mol. The fourth-order valence-corrected chi connectivity index (χ4v) is 7.77. The van der Waals surface area contributed by atoms with Gasteiger partial charge < -0.3 is 27.4 Å². The second kappa shape index (κ2) is 16.5. The number of carbonyl (C=O) groups is 2. The molecule has 0 amide bonds. The highest BCUT2D eigenvalue weighted by molar-refractivity contribution is 6.30. The van der Waals surface area contributed by atoms with Gasteiger partial charge in [0.2, 0.25) is 11.6 Å². The Morgan fingerprint density at radius 2 is 1.11 bits per heavy atom. The summed E-state index contributed by atoms with van der Waals surface area (Å²) in [4.78, 5) is 35.6. The molecule has 0 aliphatic carbocycles. The van der Waals surface area contributed by atoms with Crippen molar-refractivity contribution in [1.29, 1.82) is 0 Å². The molecule has 302 valence electrons. The Morgan fingerprint density at radius 3 is 1.67 bits per heavy atom. The molecule has 4 heterocycles. The van der Waals surface area contributed by atoms with Crippen molar-refractivity contribution in [3.63, 3.8) is 0 Å². The molecule has 12 heteroatoms. The predicted octanol–water partition coefficient (Wildman–Crippen LogP) is 11.8. The molecule has 0 spiro atoms. The molecule has 0 fully saturated rings. The molecule has 0 bridgehead atoms. The highest BCUT2D eigenvalue weighted by Gasteiger charge is 2.26. The molecule has 4 aromatic heterocycles. The number of halogens is 2. The maximum atomic E-state index is 13.5. The van der Waals surface area contributed by atoms with Crippen molar-refractivity contribution in [3.05, 3.63) is 189 Å². The first-order valence-corrected chi connectivity index (χ1v) is 20.1. The zero-order valence-electron chi connectivity index (χ0n) is 33.2. The second-order valence-electron chi connectivity index (χ2n) is 14.4. The van der Waals surface area contributed by atoms with E-state index in [9.17, 15) is 9.59 Å². The minimum atomic E-state index is -0.265. The topological polar surface area (TPSA) is 115 Å². The molecule has 10 aromatic rings. The van der Waals surface area contributed by atoms with E-state index in [2.05, 4.69) is 14.5 Å². The van der Waals surface area contributed by atoms with Gasteiger partial charge in [-0.15, -0.1) is 0 Å². The van der Waals surface area contributed by atoms with E-state index in [4.69, 9.17) is 41.5 Å². The monoisotopic (exact) mass is 846 g/mol. The second-order valence-corrected chi connectivity index (χ2v) is 15.2. The van der Waals surface area contributed by atoms with Crippen LogP contribution in [0.1, 0.15) is 49.3 Å². The standard InChI is InChI=1S/C25H19ClN2O3.C24H17ClN2O3/c1-15-23(24(29)25-27-20-5-3-4-6-22(20)31-25)19-13-18(30-2)11-12-21(19)28(15)14-16-7-9-17(26)10-8-16;1-29-17-10-11-21-18(12-17)19(14-27(21)13-15-6-8-16(25)9-7-15)23(28)24-26-20-4-2-3-5-22(20)30-24/h3-13H,14H2,1-2H3;2-12,14H,13H2,1H3. The number of para-hydroxylation sites is 4. The van der Waals surface area contributed by atoms with Gasteiger partial charge in [-0.3, -0.25) is 9.59 Å². The first-order valence-electron chi connectivity index (χ1n) is 19.3. The third kappa shape index (κ3) is 7.75. The fourth-order valence-electron chi connectivity index (χ4n) is 7.51. The van der Waals surface area contributed by atoms with Crippen molar-refractivity contribution in [2.75, 3.05) is 14.2 Å². The van der Waals surface area contributed by atoms with Gasteiger partial charge in [-0.1, -0.05) is 71.7 Å². The Morgan fingerprint density at radius 1 is 0.607 bits per heavy atom. The summed E-state index contributed by atoms with van der Waals surface area (Å²) in [5, 5.41) is 2.97. The van der Waals surface area contributed by atoms with Crippen LogP contribution in [-0.2, 0) is 13.1 Å². The van der Waals surface area contributed by atoms with Gasteiger partial charge in [0.1, 0.15) is 22.5 Å². The smallest absolute Gasteiger partial charge is 0.269 e. The van der Waals surface area contributed by atoms with E-state index in [1.165, 1.54) is 0 Å². The maximum Gasteiger partial charge on any atom is 0.269 e. The molecule has 10 rings (SSSR count). The number of hydrogen-bond acceptors (Lipinski definition) is 8. The average molecular weight is 848 g/mol. The summed E-state index contributed by atoms with van der Waals surface area (Å²) in [7, 11) is 3.22. The molecule has 10 nitrogen and oxygen atoms in total. The lowest BCUT2D eigenvalue weighted by molar-refractivity contribution is 0.0999. The average Bonchev–Trinajstić information content (AvgIpc) is 4.07. The first-order chi connectivity index (χ1) is 29.7. The number of nitrogens with zero attached hydrogens (tertiary/aromatic N) is 4. The molecular weight excluding hydrogens is 811 g/mol. The Hall–Kier alpha value is -7.14. The van der Waals surface area contributed by atoms with Crippen molar-refractivity contribution >= 4 is 78.8 Å². The van der Waals surface area contributed by atoms with Gasteiger partial charge in [0.05, 0.1) is 25.3 Å². The molecule has 0 N–H and O–H groups in total. The van der Waals surface area contributed by atoms with Crippen LogP contribution in [0.15, 0.2) is 148 Å². The van der Waals surface area contributed by atoms with Gasteiger partial charge in [-0.2, -0.15) is 0 Å². The third-order valence-electron chi connectivity index (χ3n) is 10.6. The van der Waals surface area contributed by atoms with Crippen LogP contribution >= 0.6 is 23.2 Å². The summed E-state index contributed by atoms with van der Waals surface area (Å²) >= 11 is 12.0. The van der Waals surface area contributed by atoms with Crippen molar-refractivity contribution in [1.82, 2.24) is 19.1 Å². The molecule has 0 saturated heterocycles. The molecular formula is C49H36Cl2N4O6. The number of rotatable bonds is 10. The molecule has 0 atom stereocenters. The summed E-state index contributed by atoms with van der Waals surface area (Å²) in [6.07, 6.45) is 1.84. The molecule has 0 saturated carbocycles. The number of hydrogen-bond donors (Lipinski definition) is 0. The highest BCUT2D eigenvalue weighted by atomic mass is 35.5. The fraction of sp³-hybridized carbons (Fsp3) is 0.102.